The van der Waals surface area contributed by atoms with Crippen molar-refractivity contribution in [2.24, 2.45) is 0 Å². The highest BCUT2D eigenvalue weighted by molar-refractivity contribution is 9.10. The van der Waals surface area contributed by atoms with Gasteiger partial charge >= 0.3 is 0 Å². The summed E-state index contributed by atoms with van der Waals surface area (Å²) in [7, 11) is 0. The van der Waals surface area contributed by atoms with Gasteiger partial charge in [0.15, 0.2) is 0 Å². The minimum atomic E-state index is -1.16. The summed E-state index contributed by atoms with van der Waals surface area (Å²) in [5.74, 6) is 0.201. The number of benzene rings is 3. The van der Waals surface area contributed by atoms with Gasteiger partial charge in [-0.3, -0.25) is 0 Å². The van der Waals surface area contributed by atoms with Crippen LogP contribution >= 0.6 is 15.9 Å². The molecular weight excluding hydrogens is 376 g/mol. The molecule has 25 heavy (non-hydrogen) atoms. The normalized spacial score (nSPS) is 20.2. The Bertz CT molecular complexity index is 997. The smallest absolute Gasteiger partial charge is 0.119 e. The summed E-state index contributed by atoms with van der Waals surface area (Å²) < 4.78 is 0.979. The number of fused-ring (bicyclic) bond motifs is 1. The Morgan fingerprint density at radius 3 is 2.40 bits per heavy atom. The number of aliphatic hydroxyl groups excluding tert-OH is 1. The average molecular weight is 393 g/mol. The van der Waals surface area contributed by atoms with Gasteiger partial charge in [0.1, 0.15) is 11.4 Å². The van der Waals surface area contributed by atoms with Crippen molar-refractivity contribution >= 4 is 32.3 Å². The molecule has 0 amide bonds. The van der Waals surface area contributed by atoms with Crippen LogP contribution < -0.4 is 0 Å². The summed E-state index contributed by atoms with van der Waals surface area (Å²) in [5.41, 5.74) is 1.34. The van der Waals surface area contributed by atoms with E-state index in [1.165, 1.54) is 0 Å². The molecule has 2 N–H and O–H groups in total. The second-order valence-corrected chi connectivity index (χ2v) is 7.25. The molecule has 0 bridgehead atoms. The first-order valence-electron chi connectivity index (χ1n) is 8.15. The molecule has 1 aliphatic rings. The van der Waals surface area contributed by atoms with E-state index in [1.807, 2.05) is 66.7 Å². The average Bonchev–Trinajstić information content (AvgIpc) is 2.64. The van der Waals surface area contributed by atoms with E-state index in [1.54, 1.807) is 12.2 Å². The van der Waals surface area contributed by atoms with E-state index in [0.717, 1.165) is 31.9 Å². The Balaban J connectivity index is 1.81. The fraction of sp³-hybridized carbons (Fsp3) is 0.0909. The minimum absolute atomic E-state index is 0.201. The highest BCUT2D eigenvalue weighted by Gasteiger charge is 2.33. The third kappa shape index (κ3) is 2.90. The second kappa shape index (κ2) is 6.17. The Morgan fingerprint density at radius 1 is 0.880 bits per heavy atom. The van der Waals surface area contributed by atoms with Crippen LogP contribution in [0.15, 0.2) is 89.1 Å². The summed E-state index contributed by atoms with van der Waals surface area (Å²) in [6.07, 6.45) is 3.61. The van der Waals surface area contributed by atoms with Gasteiger partial charge in [-0.05, 0) is 46.2 Å². The number of hydrogen-bond donors (Lipinski definition) is 2. The lowest BCUT2D eigenvalue weighted by atomic mass is 9.79. The molecule has 0 heterocycles. The molecule has 0 saturated heterocycles. The molecule has 124 valence electrons. The van der Waals surface area contributed by atoms with E-state index in [9.17, 15) is 10.2 Å². The van der Waals surface area contributed by atoms with E-state index < -0.39 is 5.60 Å². The molecule has 0 spiro atoms. The van der Waals surface area contributed by atoms with Crippen molar-refractivity contribution in [2.45, 2.75) is 12.0 Å². The standard InChI is InChI=1S/C22H17BrO2/c23-17-10-8-16(9-11-17)19-14-22(25,13-12-21(19)24)20-7-3-5-15-4-1-2-6-18(15)20/h1-13,24-25H,14H2. The molecule has 0 fully saturated rings. The van der Waals surface area contributed by atoms with Gasteiger partial charge in [-0.25, -0.2) is 0 Å². The Kier molecular flexibility index (Phi) is 3.98. The maximum Gasteiger partial charge on any atom is 0.119 e. The number of halogens is 1. The predicted molar refractivity (Wildman–Crippen MR) is 105 cm³/mol. The van der Waals surface area contributed by atoms with Gasteiger partial charge < -0.3 is 10.2 Å². The summed E-state index contributed by atoms with van der Waals surface area (Å²) >= 11 is 3.43. The maximum atomic E-state index is 11.4. The molecule has 3 heteroatoms. The summed E-state index contributed by atoms with van der Waals surface area (Å²) in [6, 6.07) is 21.7. The first-order valence-corrected chi connectivity index (χ1v) is 8.94. The van der Waals surface area contributed by atoms with Crippen LogP contribution in [0.25, 0.3) is 16.3 Å². The Morgan fingerprint density at radius 2 is 1.60 bits per heavy atom. The number of rotatable bonds is 2. The Hall–Kier alpha value is -2.36. The van der Waals surface area contributed by atoms with Crippen molar-refractivity contribution in [3.05, 3.63) is 100 Å². The van der Waals surface area contributed by atoms with E-state index in [-0.39, 0.29) is 5.76 Å². The Labute approximate surface area is 154 Å². The number of aliphatic hydroxyl groups is 2. The van der Waals surface area contributed by atoms with Crippen molar-refractivity contribution in [3.63, 3.8) is 0 Å². The SMILES string of the molecule is OC1=C(c2ccc(Br)cc2)CC(O)(c2cccc3ccccc23)C=C1. The predicted octanol–water partition coefficient (Wildman–Crippen LogP) is 5.72. The molecule has 0 aliphatic heterocycles. The molecule has 3 aromatic rings. The van der Waals surface area contributed by atoms with Crippen LogP contribution in [0.3, 0.4) is 0 Å². The first-order chi connectivity index (χ1) is 12.1. The number of hydrogen-bond acceptors (Lipinski definition) is 2. The van der Waals surface area contributed by atoms with Gasteiger partial charge in [0.25, 0.3) is 0 Å². The quantitative estimate of drug-likeness (QED) is 0.585. The van der Waals surface area contributed by atoms with Crippen molar-refractivity contribution in [1.82, 2.24) is 0 Å². The number of allylic oxidation sites excluding steroid dienone is 1. The third-order valence-corrected chi connectivity index (χ3v) is 5.25. The van der Waals surface area contributed by atoms with Crippen molar-refractivity contribution in [3.8, 4) is 0 Å². The highest BCUT2D eigenvalue weighted by Crippen LogP contribution is 2.41. The molecule has 3 aromatic carbocycles. The van der Waals surface area contributed by atoms with Crippen molar-refractivity contribution in [2.75, 3.05) is 0 Å². The van der Waals surface area contributed by atoms with Gasteiger partial charge in [0, 0.05) is 16.5 Å². The van der Waals surface area contributed by atoms with E-state index in [4.69, 9.17) is 0 Å². The second-order valence-electron chi connectivity index (χ2n) is 6.33. The van der Waals surface area contributed by atoms with Gasteiger partial charge in [-0.2, -0.15) is 0 Å². The molecule has 1 aliphatic carbocycles. The first kappa shape index (κ1) is 16.1. The van der Waals surface area contributed by atoms with Gasteiger partial charge in [0.2, 0.25) is 0 Å². The maximum absolute atomic E-state index is 11.4. The lowest BCUT2D eigenvalue weighted by Crippen LogP contribution is -2.26. The summed E-state index contributed by atoms with van der Waals surface area (Å²) in [6.45, 7) is 0. The van der Waals surface area contributed by atoms with Crippen LogP contribution in [0.1, 0.15) is 17.5 Å². The summed E-state index contributed by atoms with van der Waals surface area (Å²) in [4.78, 5) is 0. The molecular formula is C22H17BrO2. The minimum Gasteiger partial charge on any atom is -0.508 e. The zero-order chi connectivity index (χ0) is 17.4. The van der Waals surface area contributed by atoms with E-state index in [0.29, 0.717) is 6.42 Å². The van der Waals surface area contributed by atoms with E-state index in [2.05, 4.69) is 15.9 Å². The fourth-order valence-electron chi connectivity index (χ4n) is 3.43. The molecule has 0 aromatic heterocycles. The van der Waals surface area contributed by atoms with Crippen molar-refractivity contribution in [1.29, 1.82) is 0 Å². The van der Waals surface area contributed by atoms with Crippen LogP contribution in [-0.2, 0) is 5.60 Å². The van der Waals surface area contributed by atoms with Gasteiger partial charge in [-0.15, -0.1) is 0 Å². The summed E-state index contributed by atoms with van der Waals surface area (Å²) in [5, 5.41) is 23.9. The monoisotopic (exact) mass is 392 g/mol. The van der Waals surface area contributed by atoms with Crippen LogP contribution in [0.5, 0.6) is 0 Å². The lowest BCUT2D eigenvalue weighted by molar-refractivity contribution is 0.0940. The fourth-order valence-corrected chi connectivity index (χ4v) is 3.69. The van der Waals surface area contributed by atoms with Crippen LogP contribution in [0, 0.1) is 0 Å². The zero-order valence-corrected chi connectivity index (χ0v) is 15.1. The van der Waals surface area contributed by atoms with Gasteiger partial charge in [-0.1, -0.05) is 70.5 Å². The van der Waals surface area contributed by atoms with Crippen LogP contribution in [0.2, 0.25) is 0 Å². The van der Waals surface area contributed by atoms with E-state index >= 15 is 0 Å². The molecule has 2 nitrogen and oxygen atoms in total. The van der Waals surface area contributed by atoms with Crippen LogP contribution in [0.4, 0.5) is 0 Å². The lowest BCUT2D eigenvalue weighted by Gasteiger charge is -2.31. The van der Waals surface area contributed by atoms with Crippen LogP contribution in [-0.4, -0.2) is 10.2 Å². The molecule has 1 atom stereocenters. The van der Waals surface area contributed by atoms with Gasteiger partial charge in [0.05, 0.1) is 0 Å². The molecule has 4 rings (SSSR count). The zero-order valence-electron chi connectivity index (χ0n) is 13.5. The molecule has 1 unspecified atom stereocenters. The van der Waals surface area contributed by atoms with Crippen molar-refractivity contribution < 1.29 is 10.2 Å². The third-order valence-electron chi connectivity index (χ3n) is 4.72. The molecule has 0 radical (unpaired) electrons. The highest BCUT2D eigenvalue weighted by atomic mass is 79.9. The molecule has 0 saturated carbocycles. The topological polar surface area (TPSA) is 40.5 Å². The largest absolute Gasteiger partial charge is 0.508 e.